The van der Waals surface area contributed by atoms with E-state index >= 15 is 0 Å². The fourth-order valence-corrected chi connectivity index (χ4v) is 1.48. The SMILES string of the molecule is C=CCC(F)(F)c1ccn(C2CNC2)n1. The molecule has 0 bridgehead atoms. The number of hydrogen-bond acceptors (Lipinski definition) is 2. The van der Waals surface area contributed by atoms with Crippen LogP contribution in [0.25, 0.3) is 0 Å². The zero-order valence-electron chi connectivity index (χ0n) is 8.29. The van der Waals surface area contributed by atoms with Crippen molar-refractivity contribution in [3.63, 3.8) is 0 Å². The smallest absolute Gasteiger partial charge is 0.294 e. The Hall–Kier alpha value is -1.23. The summed E-state index contributed by atoms with van der Waals surface area (Å²) in [6.45, 7) is 4.92. The van der Waals surface area contributed by atoms with Gasteiger partial charge in [0.05, 0.1) is 6.04 Å². The summed E-state index contributed by atoms with van der Waals surface area (Å²) in [4.78, 5) is 0. The van der Waals surface area contributed by atoms with E-state index in [9.17, 15) is 8.78 Å². The number of alkyl halides is 2. The number of allylic oxidation sites excluding steroid dienone is 1. The molecular formula is C10H13F2N3. The first kappa shape index (κ1) is 10.3. The van der Waals surface area contributed by atoms with Crippen molar-refractivity contribution in [3.8, 4) is 0 Å². The molecule has 1 saturated heterocycles. The number of nitrogens with zero attached hydrogens (tertiary/aromatic N) is 2. The molecule has 0 aliphatic carbocycles. The molecule has 0 radical (unpaired) electrons. The Morgan fingerprint density at radius 1 is 1.67 bits per heavy atom. The van der Waals surface area contributed by atoms with Gasteiger partial charge in [-0.05, 0) is 6.07 Å². The Morgan fingerprint density at radius 2 is 2.40 bits per heavy atom. The molecule has 1 aliphatic heterocycles. The molecule has 2 rings (SSSR count). The van der Waals surface area contributed by atoms with Gasteiger partial charge in [0, 0.05) is 25.7 Å². The van der Waals surface area contributed by atoms with E-state index in [1.54, 1.807) is 10.9 Å². The van der Waals surface area contributed by atoms with Crippen molar-refractivity contribution in [3.05, 3.63) is 30.6 Å². The van der Waals surface area contributed by atoms with E-state index in [1.165, 1.54) is 12.1 Å². The van der Waals surface area contributed by atoms with Gasteiger partial charge in [0.1, 0.15) is 5.69 Å². The van der Waals surface area contributed by atoms with Crippen LogP contribution in [0.2, 0.25) is 0 Å². The van der Waals surface area contributed by atoms with Gasteiger partial charge in [-0.25, -0.2) is 0 Å². The topological polar surface area (TPSA) is 29.9 Å². The first-order valence-corrected chi connectivity index (χ1v) is 4.88. The number of hydrogen-bond donors (Lipinski definition) is 1. The highest BCUT2D eigenvalue weighted by molar-refractivity contribution is 5.09. The van der Waals surface area contributed by atoms with Crippen LogP contribution in [0.15, 0.2) is 24.9 Å². The summed E-state index contributed by atoms with van der Waals surface area (Å²) < 4.78 is 28.4. The van der Waals surface area contributed by atoms with Crippen LogP contribution in [0.4, 0.5) is 8.78 Å². The van der Waals surface area contributed by atoms with Gasteiger partial charge in [0.25, 0.3) is 5.92 Å². The van der Waals surface area contributed by atoms with Crippen molar-refractivity contribution in [2.75, 3.05) is 13.1 Å². The summed E-state index contributed by atoms with van der Waals surface area (Å²) in [5.74, 6) is -2.90. The molecular weight excluding hydrogens is 200 g/mol. The summed E-state index contributed by atoms with van der Waals surface area (Å²) in [7, 11) is 0. The third kappa shape index (κ3) is 1.92. The molecule has 15 heavy (non-hydrogen) atoms. The molecule has 2 heterocycles. The second-order valence-corrected chi connectivity index (χ2v) is 3.69. The molecule has 1 aromatic heterocycles. The summed E-state index contributed by atoms with van der Waals surface area (Å²) in [5.41, 5.74) is -0.172. The molecule has 82 valence electrons. The lowest BCUT2D eigenvalue weighted by Gasteiger charge is -2.27. The predicted octanol–water partition coefficient (Wildman–Crippen LogP) is 1.70. The van der Waals surface area contributed by atoms with Crippen LogP contribution in [-0.4, -0.2) is 22.9 Å². The van der Waals surface area contributed by atoms with Gasteiger partial charge in [0.15, 0.2) is 0 Å². The minimum Gasteiger partial charge on any atom is -0.312 e. The van der Waals surface area contributed by atoms with Crippen LogP contribution >= 0.6 is 0 Å². The zero-order valence-corrected chi connectivity index (χ0v) is 8.29. The molecule has 1 aromatic rings. The predicted molar refractivity (Wildman–Crippen MR) is 52.8 cm³/mol. The molecule has 0 saturated carbocycles. The molecule has 0 atom stereocenters. The average molecular weight is 213 g/mol. The monoisotopic (exact) mass is 213 g/mol. The van der Waals surface area contributed by atoms with E-state index in [0.717, 1.165) is 13.1 Å². The second-order valence-electron chi connectivity index (χ2n) is 3.69. The normalized spacial score (nSPS) is 17.5. The Balaban J connectivity index is 2.14. The van der Waals surface area contributed by atoms with Crippen LogP contribution < -0.4 is 5.32 Å². The minimum atomic E-state index is -2.90. The zero-order chi connectivity index (χ0) is 10.9. The molecule has 1 N–H and O–H groups in total. The van der Waals surface area contributed by atoms with E-state index < -0.39 is 5.92 Å². The Kier molecular flexibility index (Phi) is 2.56. The van der Waals surface area contributed by atoms with E-state index in [2.05, 4.69) is 17.0 Å². The standard InChI is InChI=1S/C10H13F2N3/c1-2-4-10(11,12)9-3-5-15(14-9)8-6-13-7-8/h2-3,5,8,13H,1,4,6-7H2. The van der Waals surface area contributed by atoms with Crippen LogP contribution in [0.1, 0.15) is 18.2 Å². The van der Waals surface area contributed by atoms with E-state index in [4.69, 9.17) is 0 Å². The van der Waals surface area contributed by atoms with Gasteiger partial charge < -0.3 is 5.32 Å². The fraction of sp³-hybridized carbons (Fsp3) is 0.500. The van der Waals surface area contributed by atoms with Crippen LogP contribution in [-0.2, 0) is 5.92 Å². The van der Waals surface area contributed by atoms with Crippen molar-refractivity contribution >= 4 is 0 Å². The molecule has 5 heteroatoms. The molecule has 0 aromatic carbocycles. The summed E-state index contributed by atoms with van der Waals surface area (Å²) >= 11 is 0. The third-order valence-electron chi connectivity index (χ3n) is 2.52. The van der Waals surface area contributed by atoms with Gasteiger partial charge in [-0.1, -0.05) is 6.08 Å². The maximum Gasteiger partial charge on any atom is 0.294 e. The van der Waals surface area contributed by atoms with Gasteiger partial charge in [0.2, 0.25) is 0 Å². The number of aromatic nitrogens is 2. The Morgan fingerprint density at radius 3 is 2.93 bits per heavy atom. The average Bonchev–Trinajstić information content (AvgIpc) is 2.50. The largest absolute Gasteiger partial charge is 0.312 e. The van der Waals surface area contributed by atoms with E-state index in [0.29, 0.717) is 0 Å². The third-order valence-corrected chi connectivity index (χ3v) is 2.52. The van der Waals surface area contributed by atoms with Crippen LogP contribution in [0.3, 0.4) is 0 Å². The fourth-order valence-electron chi connectivity index (χ4n) is 1.48. The highest BCUT2D eigenvalue weighted by atomic mass is 19.3. The summed E-state index contributed by atoms with van der Waals surface area (Å²) in [6, 6.07) is 1.60. The molecule has 0 spiro atoms. The maximum atomic E-state index is 13.4. The van der Waals surface area contributed by atoms with Gasteiger partial charge in [-0.2, -0.15) is 13.9 Å². The van der Waals surface area contributed by atoms with Crippen molar-refractivity contribution in [2.24, 2.45) is 0 Å². The highest BCUT2D eigenvalue weighted by Gasteiger charge is 2.33. The Labute approximate surface area is 86.8 Å². The van der Waals surface area contributed by atoms with Gasteiger partial charge in [-0.3, -0.25) is 4.68 Å². The minimum absolute atomic E-state index is 0.172. The first-order chi connectivity index (χ1) is 7.13. The number of halogens is 2. The van der Waals surface area contributed by atoms with Crippen LogP contribution in [0.5, 0.6) is 0 Å². The first-order valence-electron chi connectivity index (χ1n) is 4.88. The van der Waals surface area contributed by atoms with Crippen molar-refractivity contribution in [1.29, 1.82) is 0 Å². The molecule has 1 aliphatic rings. The highest BCUT2D eigenvalue weighted by Crippen LogP contribution is 2.30. The molecule has 3 nitrogen and oxygen atoms in total. The van der Waals surface area contributed by atoms with Crippen molar-refractivity contribution in [1.82, 2.24) is 15.1 Å². The van der Waals surface area contributed by atoms with Crippen molar-refractivity contribution < 1.29 is 8.78 Å². The molecule has 0 amide bonds. The lowest BCUT2D eigenvalue weighted by Crippen LogP contribution is -2.43. The van der Waals surface area contributed by atoms with Crippen LogP contribution in [0, 0.1) is 0 Å². The van der Waals surface area contributed by atoms with E-state index in [1.807, 2.05) is 0 Å². The summed E-state index contributed by atoms with van der Waals surface area (Å²) in [6.07, 6.45) is 2.45. The maximum absolute atomic E-state index is 13.4. The lowest BCUT2D eigenvalue weighted by molar-refractivity contribution is -0.00636. The summed E-state index contributed by atoms with van der Waals surface area (Å²) in [5, 5.41) is 6.97. The Bertz CT molecular complexity index is 355. The number of nitrogens with one attached hydrogen (secondary N) is 1. The second kappa shape index (κ2) is 3.73. The molecule has 1 fully saturated rings. The van der Waals surface area contributed by atoms with Crippen molar-refractivity contribution in [2.45, 2.75) is 18.4 Å². The number of rotatable bonds is 4. The quantitative estimate of drug-likeness (QED) is 0.771. The lowest BCUT2D eigenvalue weighted by atomic mass is 10.2. The van der Waals surface area contributed by atoms with Gasteiger partial charge >= 0.3 is 0 Å². The van der Waals surface area contributed by atoms with E-state index in [-0.39, 0.29) is 18.2 Å². The molecule has 0 unspecified atom stereocenters. The van der Waals surface area contributed by atoms with Gasteiger partial charge in [-0.15, -0.1) is 6.58 Å².